The van der Waals surface area contributed by atoms with Crippen molar-refractivity contribution >= 4 is 13.7 Å². The van der Waals surface area contributed by atoms with E-state index in [1.54, 1.807) is 6.08 Å². The number of allylic oxidation sites excluding steroid dienone is 5. The first-order chi connectivity index (χ1) is 31.5. The number of aliphatic hydroxyl groups is 1. The maximum absolute atomic E-state index is 13.0. The standard InChI is InChI=1S/C56H109N2O6P/c1-6-8-10-12-14-16-18-20-22-24-26-28-30-31-33-35-37-39-41-43-45-47-49-55(59)54(53-64-65(61,62)63-52-51-58(3,4)5)57-56(60)50-48-46-44-42-40-38-36-34-32-29-27-25-23-21-19-17-15-13-11-9-7-2/h25,27,39,41,47,49,54-55,59H,6-24,26,28-38,40,42-46,48,50-53H2,1-5H3,(H-,57,60,61,62)/p+1/b27-25-,41-39+,49-47+. The molecule has 0 aliphatic rings. The van der Waals surface area contributed by atoms with Crippen LogP contribution >= 0.6 is 7.82 Å². The molecule has 3 N–H and O–H groups in total. The van der Waals surface area contributed by atoms with E-state index < -0.39 is 20.0 Å². The van der Waals surface area contributed by atoms with Crippen molar-refractivity contribution in [2.45, 2.75) is 276 Å². The van der Waals surface area contributed by atoms with Crippen LogP contribution in [0.1, 0.15) is 264 Å². The van der Waals surface area contributed by atoms with Crippen molar-refractivity contribution in [2.24, 2.45) is 0 Å². The molecule has 0 aromatic carbocycles. The first-order valence-electron chi connectivity index (χ1n) is 27.9. The number of phosphoric ester groups is 1. The van der Waals surface area contributed by atoms with Crippen LogP contribution in [-0.4, -0.2) is 73.4 Å². The van der Waals surface area contributed by atoms with E-state index in [1.165, 1.54) is 205 Å². The first-order valence-corrected chi connectivity index (χ1v) is 29.4. The lowest BCUT2D eigenvalue weighted by Gasteiger charge is -2.25. The molecule has 1 amide bonds. The van der Waals surface area contributed by atoms with E-state index in [9.17, 15) is 19.4 Å². The number of unbranched alkanes of at least 4 members (excludes halogenated alkanes) is 34. The second-order valence-corrected chi connectivity index (χ2v) is 21.8. The van der Waals surface area contributed by atoms with Gasteiger partial charge in [0.25, 0.3) is 0 Å². The van der Waals surface area contributed by atoms with Gasteiger partial charge in [0.15, 0.2) is 0 Å². The molecular formula is C56H110N2O6P+. The molecule has 8 nitrogen and oxygen atoms in total. The smallest absolute Gasteiger partial charge is 0.387 e. The van der Waals surface area contributed by atoms with Gasteiger partial charge in [-0.05, 0) is 57.8 Å². The van der Waals surface area contributed by atoms with Crippen LogP contribution in [0, 0.1) is 0 Å². The highest BCUT2D eigenvalue weighted by Gasteiger charge is 2.27. The number of carbonyl (C=O) groups excluding carboxylic acids is 1. The fourth-order valence-corrected chi connectivity index (χ4v) is 8.91. The third-order valence-corrected chi connectivity index (χ3v) is 13.6. The molecule has 9 heteroatoms. The van der Waals surface area contributed by atoms with Crippen LogP contribution in [0.5, 0.6) is 0 Å². The fraction of sp³-hybridized carbons (Fsp3) is 0.875. The molecule has 65 heavy (non-hydrogen) atoms. The van der Waals surface area contributed by atoms with Crippen LogP contribution in [0.15, 0.2) is 36.5 Å². The SMILES string of the molecule is CCCCCCCCCC/C=C\CCCCCCCCCCCC(=O)NC(COP(=O)(O)OCC[N+](C)(C)C)C(O)/C=C/CC/C=C/CCCCCCCCCCCCCCCCCC. The van der Waals surface area contributed by atoms with Gasteiger partial charge in [0, 0.05) is 6.42 Å². The lowest BCUT2D eigenvalue weighted by atomic mass is 10.0. The fourth-order valence-electron chi connectivity index (χ4n) is 8.17. The van der Waals surface area contributed by atoms with Crippen molar-refractivity contribution in [1.82, 2.24) is 5.32 Å². The lowest BCUT2D eigenvalue weighted by Crippen LogP contribution is -2.45. The van der Waals surface area contributed by atoms with Gasteiger partial charge in [-0.3, -0.25) is 13.8 Å². The first kappa shape index (κ1) is 63.7. The highest BCUT2D eigenvalue weighted by molar-refractivity contribution is 7.47. The molecule has 0 saturated heterocycles. The van der Waals surface area contributed by atoms with Crippen LogP contribution in [0.4, 0.5) is 0 Å². The second-order valence-electron chi connectivity index (χ2n) is 20.3. The average Bonchev–Trinajstić information content (AvgIpc) is 3.26. The Kier molecular flexibility index (Phi) is 46.8. The zero-order valence-corrected chi connectivity index (χ0v) is 44.6. The Morgan fingerprint density at radius 1 is 0.508 bits per heavy atom. The van der Waals surface area contributed by atoms with Crippen LogP contribution in [0.3, 0.4) is 0 Å². The minimum Gasteiger partial charge on any atom is -0.387 e. The summed E-state index contributed by atoms with van der Waals surface area (Å²) in [6, 6.07) is -0.864. The molecule has 0 heterocycles. The van der Waals surface area contributed by atoms with Crippen molar-refractivity contribution in [3.63, 3.8) is 0 Å². The number of carbonyl (C=O) groups is 1. The Morgan fingerprint density at radius 2 is 0.846 bits per heavy atom. The Morgan fingerprint density at radius 3 is 1.23 bits per heavy atom. The molecule has 0 aliphatic heterocycles. The van der Waals surface area contributed by atoms with E-state index in [0.29, 0.717) is 17.4 Å². The molecule has 0 aromatic rings. The number of quaternary nitrogens is 1. The molecule has 3 unspecified atom stereocenters. The summed E-state index contributed by atoms with van der Waals surface area (Å²) in [5.41, 5.74) is 0. The van der Waals surface area contributed by atoms with Gasteiger partial charge in [-0.15, -0.1) is 0 Å². The van der Waals surface area contributed by atoms with E-state index in [0.717, 1.165) is 38.5 Å². The minimum atomic E-state index is -4.35. The summed E-state index contributed by atoms with van der Waals surface area (Å²) in [5, 5.41) is 13.9. The molecule has 0 saturated carbocycles. The number of amides is 1. The highest BCUT2D eigenvalue weighted by Crippen LogP contribution is 2.43. The van der Waals surface area contributed by atoms with Crippen LogP contribution in [0.25, 0.3) is 0 Å². The van der Waals surface area contributed by atoms with Gasteiger partial charge in [0.1, 0.15) is 13.2 Å². The Bertz CT molecular complexity index is 1150. The van der Waals surface area contributed by atoms with Gasteiger partial charge >= 0.3 is 7.82 Å². The number of rotatable bonds is 51. The van der Waals surface area contributed by atoms with Crippen molar-refractivity contribution in [2.75, 3.05) is 40.9 Å². The molecule has 0 aromatic heterocycles. The van der Waals surface area contributed by atoms with E-state index >= 15 is 0 Å². The van der Waals surface area contributed by atoms with E-state index in [4.69, 9.17) is 9.05 Å². The van der Waals surface area contributed by atoms with E-state index in [-0.39, 0.29) is 19.1 Å². The van der Waals surface area contributed by atoms with Gasteiger partial charge in [0.2, 0.25) is 5.91 Å². The summed E-state index contributed by atoms with van der Waals surface area (Å²) in [6.45, 7) is 4.82. The number of hydrogen-bond donors (Lipinski definition) is 3. The van der Waals surface area contributed by atoms with E-state index in [2.05, 4.69) is 43.5 Å². The molecule has 0 fully saturated rings. The Balaban J connectivity index is 4.29. The van der Waals surface area contributed by atoms with Gasteiger partial charge in [-0.1, -0.05) is 237 Å². The van der Waals surface area contributed by atoms with Crippen molar-refractivity contribution < 1.29 is 32.9 Å². The maximum atomic E-state index is 13.0. The highest BCUT2D eigenvalue weighted by atomic mass is 31.2. The van der Waals surface area contributed by atoms with Crippen LogP contribution in [0.2, 0.25) is 0 Å². The number of hydrogen-bond acceptors (Lipinski definition) is 5. The topological polar surface area (TPSA) is 105 Å². The van der Waals surface area contributed by atoms with Gasteiger partial charge in [-0.2, -0.15) is 0 Å². The lowest BCUT2D eigenvalue weighted by molar-refractivity contribution is -0.870. The summed E-state index contributed by atoms with van der Waals surface area (Å²) < 4.78 is 23.7. The van der Waals surface area contributed by atoms with Crippen molar-refractivity contribution in [1.29, 1.82) is 0 Å². The molecule has 0 bridgehead atoms. The van der Waals surface area contributed by atoms with Gasteiger partial charge in [0.05, 0.1) is 39.9 Å². The zero-order chi connectivity index (χ0) is 47.8. The van der Waals surface area contributed by atoms with Crippen LogP contribution < -0.4 is 5.32 Å². The molecule has 0 aliphatic carbocycles. The predicted molar refractivity (Wildman–Crippen MR) is 281 cm³/mol. The summed E-state index contributed by atoms with van der Waals surface area (Å²) in [5.74, 6) is -0.186. The summed E-state index contributed by atoms with van der Waals surface area (Å²) in [4.78, 5) is 23.3. The molecule has 384 valence electrons. The summed E-state index contributed by atoms with van der Waals surface area (Å²) >= 11 is 0. The summed E-state index contributed by atoms with van der Waals surface area (Å²) in [6.07, 6.45) is 61.0. The molecule has 0 radical (unpaired) electrons. The number of nitrogens with zero attached hydrogens (tertiary/aromatic N) is 1. The molecule has 0 spiro atoms. The zero-order valence-electron chi connectivity index (χ0n) is 43.7. The number of aliphatic hydroxyl groups excluding tert-OH is 1. The third-order valence-electron chi connectivity index (χ3n) is 12.6. The van der Waals surface area contributed by atoms with Crippen LogP contribution in [-0.2, 0) is 18.4 Å². The summed E-state index contributed by atoms with van der Waals surface area (Å²) in [7, 11) is 1.56. The Hall–Kier alpha value is -1.28. The van der Waals surface area contributed by atoms with E-state index in [1.807, 2.05) is 27.2 Å². The van der Waals surface area contributed by atoms with Gasteiger partial charge < -0.3 is 19.8 Å². The number of nitrogens with one attached hydrogen (secondary N) is 1. The molecule has 3 atom stereocenters. The minimum absolute atomic E-state index is 0.0564. The third kappa shape index (κ3) is 50.4. The molecular weight excluding hydrogens is 828 g/mol. The monoisotopic (exact) mass is 938 g/mol. The largest absolute Gasteiger partial charge is 0.472 e. The number of phosphoric acid groups is 1. The average molecular weight is 938 g/mol. The second kappa shape index (κ2) is 47.8. The quantitative estimate of drug-likeness (QED) is 0.0243. The molecule has 0 rings (SSSR count). The normalized spacial score (nSPS) is 14.3. The Labute approximate surface area is 404 Å². The predicted octanol–water partition coefficient (Wildman–Crippen LogP) is 16.6. The number of likely N-dealkylation sites (N-methyl/N-ethyl adjacent to an activating group) is 1. The van der Waals surface area contributed by atoms with Crippen molar-refractivity contribution in [3.8, 4) is 0 Å². The van der Waals surface area contributed by atoms with Crippen molar-refractivity contribution in [3.05, 3.63) is 36.5 Å². The van der Waals surface area contributed by atoms with Gasteiger partial charge in [-0.25, -0.2) is 4.57 Å². The maximum Gasteiger partial charge on any atom is 0.472 e.